The van der Waals surface area contributed by atoms with Crippen molar-refractivity contribution >= 4 is 5.91 Å². The van der Waals surface area contributed by atoms with Crippen molar-refractivity contribution in [2.45, 2.75) is 26.3 Å². The molecular weight excluding hydrogens is 252 g/mol. The SMILES string of the molecule is CNCCc1ccccc1C(=O)N(CCOC)C(C)C. The molecule has 1 aromatic carbocycles. The molecule has 0 aromatic heterocycles. The molecule has 1 amide bonds. The topological polar surface area (TPSA) is 41.6 Å². The van der Waals surface area contributed by atoms with Crippen LogP contribution in [0.15, 0.2) is 24.3 Å². The van der Waals surface area contributed by atoms with Gasteiger partial charge in [-0.15, -0.1) is 0 Å². The zero-order valence-corrected chi connectivity index (χ0v) is 13.0. The lowest BCUT2D eigenvalue weighted by molar-refractivity contribution is 0.0634. The number of likely N-dealkylation sites (N-methyl/N-ethyl adjacent to an activating group) is 1. The van der Waals surface area contributed by atoms with Crippen LogP contribution in [-0.2, 0) is 11.2 Å². The Hall–Kier alpha value is -1.39. The smallest absolute Gasteiger partial charge is 0.254 e. The minimum Gasteiger partial charge on any atom is -0.383 e. The van der Waals surface area contributed by atoms with Gasteiger partial charge in [0.05, 0.1) is 6.61 Å². The van der Waals surface area contributed by atoms with E-state index in [4.69, 9.17) is 4.74 Å². The Bertz CT molecular complexity index is 419. The number of carbonyl (C=O) groups is 1. The second kappa shape index (κ2) is 8.72. The summed E-state index contributed by atoms with van der Waals surface area (Å²) in [7, 11) is 3.58. The van der Waals surface area contributed by atoms with Gasteiger partial charge in [0.15, 0.2) is 0 Å². The monoisotopic (exact) mass is 278 g/mol. The lowest BCUT2D eigenvalue weighted by Crippen LogP contribution is -2.39. The van der Waals surface area contributed by atoms with Crippen molar-refractivity contribution in [2.75, 3.05) is 33.9 Å². The fourth-order valence-electron chi connectivity index (χ4n) is 2.15. The van der Waals surface area contributed by atoms with Crippen molar-refractivity contribution in [3.8, 4) is 0 Å². The number of carbonyl (C=O) groups excluding carboxylic acids is 1. The summed E-state index contributed by atoms with van der Waals surface area (Å²) < 4.78 is 5.10. The summed E-state index contributed by atoms with van der Waals surface area (Å²) >= 11 is 0. The van der Waals surface area contributed by atoms with Crippen LogP contribution >= 0.6 is 0 Å². The number of nitrogens with zero attached hydrogens (tertiary/aromatic N) is 1. The van der Waals surface area contributed by atoms with E-state index in [9.17, 15) is 4.79 Å². The second-order valence-corrected chi connectivity index (χ2v) is 5.10. The number of hydrogen-bond donors (Lipinski definition) is 1. The quantitative estimate of drug-likeness (QED) is 0.790. The summed E-state index contributed by atoms with van der Waals surface area (Å²) in [6.07, 6.45) is 0.856. The number of amides is 1. The van der Waals surface area contributed by atoms with Gasteiger partial charge in [-0.25, -0.2) is 0 Å². The van der Waals surface area contributed by atoms with E-state index in [1.165, 1.54) is 0 Å². The van der Waals surface area contributed by atoms with Gasteiger partial charge in [-0.3, -0.25) is 4.79 Å². The van der Waals surface area contributed by atoms with Gasteiger partial charge in [-0.1, -0.05) is 18.2 Å². The van der Waals surface area contributed by atoms with E-state index < -0.39 is 0 Å². The first-order valence-electron chi connectivity index (χ1n) is 7.14. The molecular formula is C16H26N2O2. The highest BCUT2D eigenvalue weighted by Crippen LogP contribution is 2.14. The summed E-state index contributed by atoms with van der Waals surface area (Å²) in [6.45, 7) is 6.10. The highest BCUT2D eigenvalue weighted by molar-refractivity contribution is 5.95. The second-order valence-electron chi connectivity index (χ2n) is 5.10. The first-order chi connectivity index (χ1) is 9.61. The standard InChI is InChI=1S/C16H26N2O2/c1-13(2)18(11-12-20-4)16(19)15-8-6-5-7-14(15)9-10-17-3/h5-8,13,17H,9-12H2,1-4H3. The summed E-state index contributed by atoms with van der Waals surface area (Å²) in [5.74, 6) is 0.0868. The maximum atomic E-state index is 12.7. The molecule has 0 atom stereocenters. The van der Waals surface area contributed by atoms with Crippen LogP contribution in [0.5, 0.6) is 0 Å². The van der Waals surface area contributed by atoms with Gasteiger partial charge in [0.25, 0.3) is 5.91 Å². The molecule has 0 fully saturated rings. The Morgan fingerprint density at radius 2 is 2.05 bits per heavy atom. The zero-order valence-electron chi connectivity index (χ0n) is 13.0. The number of ether oxygens (including phenoxy) is 1. The van der Waals surface area contributed by atoms with Gasteiger partial charge < -0.3 is 15.0 Å². The molecule has 20 heavy (non-hydrogen) atoms. The predicted molar refractivity (Wildman–Crippen MR) is 82.1 cm³/mol. The average molecular weight is 278 g/mol. The van der Waals surface area contributed by atoms with Gasteiger partial charge in [0.2, 0.25) is 0 Å². The van der Waals surface area contributed by atoms with Crippen molar-refractivity contribution in [1.29, 1.82) is 0 Å². The number of rotatable bonds is 8. The van der Waals surface area contributed by atoms with Crippen molar-refractivity contribution in [1.82, 2.24) is 10.2 Å². The fourth-order valence-corrected chi connectivity index (χ4v) is 2.15. The maximum absolute atomic E-state index is 12.7. The van der Waals surface area contributed by atoms with Gasteiger partial charge in [0.1, 0.15) is 0 Å². The van der Waals surface area contributed by atoms with E-state index in [0.29, 0.717) is 13.2 Å². The van der Waals surface area contributed by atoms with Crippen LogP contribution in [0.4, 0.5) is 0 Å². The Balaban J connectivity index is 2.93. The number of methoxy groups -OCH3 is 1. The molecule has 0 aliphatic heterocycles. The number of nitrogens with one attached hydrogen (secondary N) is 1. The van der Waals surface area contributed by atoms with Crippen LogP contribution in [-0.4, -0.2) is 50.7 Å². The molecule has 1 aromatic rings. The molecule has 4 heteroatoms. The molecule has 0 spiro atoms. The Morgan fingerprint density at radius 1 is 1.35 bits per heavy atom. The van der Waals surface area contributed by atoms with Crippen LogP contribution in [0.25, 0.3) is 0 Å². The van der Waals surface area contributed by atoms with E-state index in [-0.39, 0.29) is 11.9 Å². The lowest BCUT2D eigenvalue weighted by Gasteiger charge is -2.27. The molecule has 0 aliphatic carbocycles. The molecule has 4 nitrogen and oxygen atoms in total. The highest BCUT2D eigenvalue weighted by Gasteiger charge is 2.20. The van der Waals surface area contributed by atoms with E-state index in [2.05, 4.69) is 5.32 Å². The summed E-state index contributed by atoms with van der Waals surface area (Å²) in [5, 5.41) is 3.12. The molecule has 1 rings (SSSR count). The third kappa shape index (κ3) is 4.62. The van der Waals surface area contributed by atoms with E-state index >= 15 is 0 Å². The molecule has 112 valence electrons. The molecule has 1 N–H and O–H groups in total. The third-order valence-electron chi connectivity index (χ3n) is 3.31. The Kier molecular flexibility index (Phi) is 7.26. The Labute approximate surface area is 122 Å². The molecule has 0 heterocycles. The zero-order chi connectivity index (χ0) is 15.0. The Morgan fingerprint density at radius 3 is 2.65 bits per heavy atom. The normalized spacial score (nSPS) is 10.8. The van der Waals surface area contributed by atoms with E-state index in [1.807, 2.05) is 50.1 Å². The summed E-state index contributed by atoms with van der Waals surface area (Å²) in [4.78, 5) is 14.6. The molecule has 0 saturated carbocycles. The summed E-state index contributed by atoms with van der Waals surface area (Å²) in [6, 6.07) is 8.01. The van der Waals surface area contributed by atoms with Crippen LogP contribution in [0.3, 0.4) is 0 Å². The molecule has 0 aliphatic rings. The summed E-state index contributed by atoms with van der Waals surface area (Å²) in [5.41, 5.74) is 1.89. The van der Waals surface area contributed by atoms with Crippen LogP contribution < -0.4 is 5.32 Å². The van der Waals surface area contributed by atoms with Crippen LogP contribution in [0, 0.1) is 0 Å². The van der Waals surface area contributed by atoms with Crippen molar-refractivity contribution in [3.05, 3.63) is 35.4 Å². The first kappa shape index (κ1) is 16.7. The van der Waals surface area contributed by atoms with Crippen molar-refractivity contribution < 1.29 is 9.53 Å². The maximum Gasteiger partial charge on any atom is 0.254 e. The van der Waals surface area contributed by atoms with Gasteiger partial charge >= 0.3 is 0 Å². The van der Waals surface area contributed by atoms with Crippen LogP contribution in [0.2, 0.25) is 0 Å². The largest absolute Gasteiger partial charge is 0.383 e. The van der Waals surface area contributed by atoms with Crippen LogP contribution in [0.1, 0.15) is 29.8 Å². The average Bonchev–Trinajstić information content (AvgIpc) is 2.45. The molecule has 0 saturated heterocycles. The van der Waals surface area contributed by atoms with Gasteiger partial charge in [-0.05, 0) is 45.5 Å². The number of benzene rings is 1. The van der Waals surface area contributed by atoms with E-state index in [0.717, 1.165) is 24.1 Å². The fraction of sp³-hybridized carbons (Fsp3) is 0.562. The van der Waals surface area contributed by atoms with Crippen molar-refractivity contribution in [2.24, 2.45) is 0 Å². The third-order valence-corrected chi connectivity index (χ3v) is 3.31. The first-order valence-corrected chi connectivity index (χ1v) is 7.14. The van der Waals surface area contributed by atoms with Crippen molar-refractivity contribution in [3.63, 3.8) is 0 Å². The van der Waals surface area contributed by atoms with Gasteiger partial charge in [0, 0.05) is 25.3 Å². The van der Waals surface area contributed by atoms with E-state index in [1.54, 1.807) is 7.11 Å². The molecule has 0 unspecified atom stereocenters. The van der Waals surface area contributed by atoms with Gasteiger partial charge in [-0.2, -0.15) is 0 Å². The lowest BCUT2D eigenvalue weighted by atomic mass is 10.0. The molecule has 0 radical (unpaired) electrons. The predicted octanol–water partition coefficient (Wildman–Crippen LogP) is 1.95. The number of hydrogen-bond acceptors (Lipinski definition) is 3. The molecule has 0 bridgehead atoms. The highest BCUT2D eigenvalue weighted by atomic mass is 16.5. The minimum absolute atomic E-state index is 0.0868. The minimum atomic E-state index is 0.0868.